The molecule has 0 aliphatic heterocycles. The van der Waals surface area contributed by atoms with Crippen LogP contribution in [0.5, 0.6) is 0 Å². The van der Waals surface area contributed by atoms with E-state index >= 15 is 0 Å². The van der Waals surface area contributed by atoms with Crippen molar-refractivity contribution in [2.45, 2.75) is 20.3 Å². The summed E-state index contributed by atoms with van der Waals surface area (Å²) in [7, 11) is 0. The van der Waals surface area contributed by atoms with Crippen molar-refractivity contribution in [2.24, 2.45) is 0 Å². The normalized spacial score (nSPS) is 11.4. The summed E-state index contributed by atoms with van der Waals surface area (Å²) in [6, 6.07) is 10.0. The summed E-state index contributed by atoms with van der Waals surface area (Å²) in [6.07, 6.45) is 2.10. The number of hydrogen-bond donors (Lipinski definition) is 0. The molecule has 0 aliphatic carbocycles. The zero-order valence-corrected chi connectivity index (χ0v) is 12.4. The lowest BCUT2D eigenvalue weighted by atomic mass is 10.2. The number of para-hydroxylation sites is 1. The van der Waals surface area contributed by atoms with E-state index in [2.05, 4.69) is 25.0 Å². The summed E-state index contributed by atoms with van der Waals surface area (Å²) in [4.78, 5) is 17.8. The van der Waals surface area contributed by atoms with Crippen molar-refractivity contribution in [1.82, 2.24) is 29.5 Å². The molecule has 6 heteroatoms. The Labute approximate surface area is 126 Å². The first-order chi connectivity index (χ1) is 10.7. The number of aromatic nitrogens is 6. The first-order valence-corrected chi connectivity index (χ1v) is 7.09. The predicted molar refractivity (Wildman–Crippen MR) is 82.6 cm³/mol. The minimum atomic E-state index is 0.592. The molecular formula is C16H14N6. The molecule has 0 aliphatic rings. The Hall–Kier alpha value is -2.89. The fourth-order valence-corrected chi connectivity index (χ4v) is 2.67. The molecule has 4 rings (SSSR count). The third-order valence-electron chi connectivity index (χ3n) is 3.63. The second-order valence-electron chi connectivity index (χ2n) is 5.28. The molecule has 0 amide bonds. The minimum Gasteiger partial charge on any atom is -0.237 e. The van der Waals surface area contributed by atoms with Crippen molar-refractivity contribution >= 4 is 16.7 Å². The van der Waals surface area contributed by atoms with Crippen molar-refractivity contribution in [3.63, 3.8) is 0 Å². The number of nitrogens with zero attached hydrogens (tertiary/aromatic N) is 6. The van der Waals surface area contributed by atoms with Gasteiger partial charge in [0.05, 0.1) is 17.6 Å². The van der Waals surface area contributed by atoms with Gasteiger partial charge in [-0.25, -0.2) is 19.5 Å². The van der Waals surface area contributed by atoms with E-state index in [1.165, 1.54) is 6.33 Å². The second-order valence-corrected chi connectivity index (χ2v) is 5.28. The van der Waals surface area contributed by atoms with Crippen LogP contribution >= 0.6 is 0 Å². The van der Waals surface area contributed by atoms with Crippen LogP contribution in [-0.2, 0) is 6.42 Å². The Morgan fingerprint density at radius 3 is 2.82 bits per heavy atom. The highest BCUT2D eigenvalue weighted by atomic mass is 15.3. The van der Waals surface area contributed by atoms with Crippen LogP contribution < -0.4 is 0 Å². The third kappa shape index (κ3) is 2.09. The first kappa shape index (κ1) is 12.8. The van der Waals surface area contributed by atoms with Crippen molar-refractivity contribution in [3.05, 3.63) is 59.6 Å². The van der Waals surface area contributed by atoms with Crippen molar-refractivity contribution in [3.8, 4) is 0 Å². The Bertz CT molecular complexity index is 988. The van der Waals surface area contributed by atoms with Crippen molar-refractivity contribution < 1.29 is 0 Å². The average Bonchev–Trinajstić information content (AvgIpc) is 2.95. The molecule has 4 aromatic rings. The van der Waals surface area contributed by atoms with Gasteiger partial charge in [-0.2, -0.15) is 10.1 Å². The number of hydrogen-bond acceptors (Lipinski definition) is 5. The fourth-order valence-electron chi connectivity index (χ4n) is 2.67. The largest absolute Gasteiger partial charge is 0.252 e. The van der Waals surface area contributed by atoms with Gasteiger partial charge in [-0.15, -0.1) is 0 Å². The highest BCUT2D eigenvalue weighted by Gasteiger charge is 2.10. The Morgan fingerprint density at radius 2 is 1.91 bits per heavy atom. The van der Waals surface area contributed by atoms with E-state index in [1.807, 2.05) is 44.2 Å². The molecule has 1 aromatic carbocycles. The van der Waals surface area contributed by atoms with E-state index in [4.69, 9.17) is 0 Å². The van der Waals surface area contributed by atoms with E-state index < -0.39 is 0 Å². The lowest BCUT2D eigenvalue weighted by Gasteiger charge is -2.07. The van der Waals surface area contributed by atoms with Gasteiger partial charge in [0.1, 0.15) is 12.2 Å². The SMILES string of the molecule is Cc1cc(Cc2nc(C)c3ccccc3n2)n2ncnc2n1. The second kappa shape index (κ2) is 4.84. The number of rotatable bonds is 2. The van der Waals surface area contributed by atoms with Gasteiger partial charge in [0.25, 0.3) is 5.78 Å². The fraction of sp³-hybridized carbons (Fsp3) is 0.188. The smallest absolute Gasteiger partial charge is 0.237 e. The number of benzene rings is 1. The van der Waals surface area contributed by atoms with Crippen molar-refractivity contribution in [2.75, 3.05) is 0 Å². The zero-order valence-electron chi connectivity index (χ0n) is 12.4. The van der Waals surface area contributed by atoms with Gasteiger partial charge >= 0.3 is 0 Å². The van der Waals surface area contributed by atoms with Gasteiger partial charge in [0.2, 0.25) is 0 Å². The van der Waals surface area contributed by atoms with E-state index in [-0.39, 0.29) is 0 Å². The van der Waals surface area contributed by atoms with Crippen LogP contribution in [0.15, 0.2) is 36.7 Å². The maximum absolute atomic E-state index is 4.66. The van der Waals surface area contributed by atoms with Gasteiger partial charge in [-0.1, -0.05) is 18.2 Å². The van der Waals surface area contributed by atoms with Gasteiger partial charge < -0.3 is 0 Å². The van der Waals surface area contributed by atoms with Gasteiger partial charge in [0, 0.05) is 16.8 Å². The summed E-state index contributed by atoms with van der Waals surface area (Å²) >= 11 is 0. The molecule has 0 saturated heterocycles. The number of aryl methyl sites for hydroxylation is 2. The summed E-state index contributed by atoms with van der Waals surface area (Å²) in [5, 5.41) is 5.31. The molecule has 0 atom stereocenters. The molecule has 108 valence electrons. The van der Waals surface area contributed by atoms with E-state index in [0.29, 0.717) is 12.2 Å². The molecule has 0 radical (unpaired) electrons. The molecule has 6 nitrogen and oxygen atoms in total. The van der Waals surface area contributed by atoms with E-state index in [1.54, 1.807) is 4.52 Å². The molecule has 0 N–H and O–H groups in total. The van der Waals surface area contributed by atoms with Gasteiger partial charge in [-0.3, -0.25) is 0 Å². The standard InChI is InChI=1S/C16H14N6/c1-10-7-12(22-16(19-10)17-9-18-22)8-15-20-11(2)13-5-3-4-6-14(13)21-15/h3-7,9H,8H2,1-2H3. The Morgan fingerprint density at radius 1 is 1.05 bits per heavy atom. The first-order valence-electron chi connectivity index (χ1n) is 7.09. The van der Waals surface area contributed by atoms with Crippen LogP contribution in [0.4, 0.5) is 0 Å². The van der Waals surface area contributed by atoms with Crippen LogP contribution in [0, 0.1) is 13.8 Å². The summed E-state index contributed by atoms with van der Waals surface area (Å²) in [6.45, 7) is 3.96. The molecular weight excluding hydrogens is 276 g/mol. The average molecular weight is 290 g/mol. The van der Waals surface area contributed by atoms with Gasteiger partial charge in [0.15, 0.2) is 0 Å². The maximum Gasteiger partial charge on any atom is 0.252 e. The summed E-state index contributed by atoms with van der Waals surface area (Å²) in [5.74, 6) is 1.38. The molecule has 0 fully saturated rings. The highest BCUT2D eigenvalue weighted by molar-refractivity contribution is 5.80. The molecule has 0 unspecified atom stereocenters. The quantitative estimate of drug-likeness (QED) is 0.566. The van der Waals surface area contributed by atoms with E-state index in [9.17, 15) is 0 Å². The zero-order chi connectivity index (χ0) is 15.1. The minimum absolute atomic E-state index is 0.592. The molecule has 22 heavy (non-hydrogen) atoms. The lowest BCUT2D eigenvalue weighted by molar-refractivity contribution is 0.827. The lowest BCUT2D eigenvalue weighted by Crippen LogP contribution is -2.06. The molecule has 3 heterocycles. The maximum atomic E-state index is 4.66. The van der Waals surface area contributed by atoms with Crippen molar-refractivity contribution in [1.29, 1.82) is 0 Å². The summed E-state index contributed by atoms with van der Waals surface area (Å²) < 4.78 is 1.74. The predicted octanol–water partition coefficient (Wildman–Crippen LogP) is 2.28. The molecule has 0 spiro atoms. The summed E-state index contributed by atoms with van der Waals surface area (Å²) in [5.41, 5.74) is 3.84. The van der Waals surface area contributed by atoms with Crippen LogP contribution in [-0.4, -0.2) is 29.5 Å². The van der Waals surface area contributed by atoms with Crippen LogP contribution in [0.25, 0.3) is 16.7 Å². The van der Waals surface area contributed by atoms with E-state index in [0.717, 1.165) is 33.8 Å². The Balaban J connectivity index is 1.84. The third-order valence-corrected chi connectivity index (χ3v) is 3.63. The number of fused-ring (bicyclic) bond motifs is 2. The van der Waals surface area contributed by atoms with Gasteiger partial charge in [-0.05, 0) is 26.0 Å². The molecule has 0 bridgehead atoms. The molecule has 0 saturated carbocycles. The highest BCUT2D eigenvalue weighted by Crippen LogP contribution is 2.16. The molecule has 3 aromatic heterocycles. The Kier molecular flexibility index (Phi) is 2.82. The monoisotopic (exact) mass is 290 g/mol. The van der Waals surface area contributed by atoms with Crippen LogP contribution in [0.3, 0.4) is 0 Å². The van der Waals surface area contributed by atoms with Crippen LogP contribution in [0.1, 0.15) is 22.9 Å². The van der Waals surface area contributed by atoms with Crippen LogP contribution in [0.2, 0.25) is 0 Å². The topological polar surface area (TPSA) is 68.9 Å².